The van der Waals surface area contributed by atoms with Gasteiger partial charge in [0.1, 0.15) is 0 Å². The van der Waals surface area contributed by atoms with Crippen LogP contribution in [-0.2, 0) is 0 Å². The molecule has 1 unspecified atom stereocenters. The van der Waals surface area contributed by atoms with E-state index < -0.39 is 0 Å². The van der Waals surface area contributed by atoms with Crippen molar-refractivity contribution in [3.05, 3.63) is 40.9 Å². The molecule has 1 atom stereocenters. The molecule has 5 nitrogen and oxygen atoms in total. The van der Waals surface area contributed by atoms with Gasteiger partial charge in [0.15, 0.2) is 5.13 Å². The molecule has 1 aliphatic heterocycles. The van der Waals surface area contributed by atoms with Crippen molar-refractivity contribution in [3.63, 3.8) is 0 Å². The summed E-state index contributed by atoms with van der Waals surface area (Å²) >= 11 is 7.66. The highest BCUT2D eigenvalue weighted by atomic mass is 35.5. The van der Waals surface area contributed by atoms with Gasteiger partial charge in [0.25, 0.3) is 0 Å². The number of halogens is 1. The first-order valence-corrected chi connectivity index (χ1v) is 8.45. The largest absolute Gasteiger partial charge is 0.343 e. The number of hydrogen-bond donors (Lipinski definition) is 2. The molecule has 2 amide bonds. The molecule has 2 heterocycles. The third-order valence-electron chi connectivity index (χ3n) is 3.66. The number of aromatic nitrogens is 1. The first-order chi connectivity index (χ1) is 10.7. The molecule has 0 radical (unpaired) electrons. The molecule has 0 spiro atoms. The standard InChI is InChI=1S/C15H17ClN4OS/c16-12-5-1-2-6-13(12)19-14(21)18-10-11-4-3-8-20(11)15-17-7-9-22-15/h1-2,5-7,9,11H,3-4,8,10H2,(H2,18,19,21). The fourth-order valence-corrected chi connectivity index (χ4v) is 3.52. The van der Waals surface area contributed by atoms with Gasteiger partial charge >= 0.3 is 6.03 Å². The van der Waals surface area contributed by atoms with Crippen LogP contribution < -0.4 is 15.5 Å². The Balaban J connectivity index is 1.54. The number of carbonyl (C=O) groups excluding carboxylic acids is 1. The van der Waals surface area contributed by atoms with E-state index in [1.54, 1.807) is 23.5 Å². The van der Waals surface area contributed by atoms with Gasteiger partial charge in [-0.25, -0.2) is 9.78 Å². The Hall–Kier alpha value is -1.79. The molecule has 0 bridgehead atoms. The molecular weight excluding hydrogens is 320 g/mol. The van der Waals surface area contributed by atoms with Crippen molar-refractivity contribution in [2.45, 2.75) is 18.9 Å². The predicted molar refractivity (Wildman–Crippen MR) is 91.0 cm³/mol. The lowest BCUT2D eigenvalue weighted by molar-refractivity contribution is 0.251. The average Bonchev–Trinajstić information content (AvgIpc) is 3.18. The summed E-state index contributed by atoms with van der Waals surface area (Å²) in [5.74, 6) is 0. The van der Waals surface area contributed by atoms with Crippen molar-refractivity contribution in [1.29, 1.82) is 0 Å². The molecule has 3 rings (SSSR count). The van der Waals surface area contributed by atoms with Crippen LogP contribution >= 0.6 is 22.9 Å². The number of anilines is 2. The molecule has 0 saturated carbocycles. The number of urea groups is 1. The third-order valence-corrected chi connectivity index (χ3v) is 4.80. The topological polar surface area (TPSA) is 57.3 Å². The van der Waals surface area contributed by atoms with E-state index in [1.165, 1.54) is 0 Å². The van der Waals surface area contributed by atoms with E-state index in [1.807, 2.05) is 23.7 Å². The minimum Gasteiger partial charge on any atom is -0.343 e. The predicted octanol–water partition coefficient (Wildman–Crippen LogP) is 3.59. The fraction of sp³-hybridized carbons (Fsp3) is 0.333. The summed E-state index contributed by atoms with van der Waals surface area (Å²) in [6.45, 7) is 1.59. The summed E-state index contributed by atoms with van der Waals surface area (Å²) in [6.07, 6.45) is 4.00. The van der Waals surface area contributed by atoms with E-state index in [0.29, 0.717) is 23.3 Å². The molecule has 2 N–H and O–H groups in total. The average molecular weight is 337 g/mol. The number of nitrogens with one attached hydrogen (secondary N) is 2. The van der Waals surface area contributed by atoms with Crippen molar-refractivity contribution in [3.8, 4) is 0 Å². The number of rotatable bonds is 4. The minimum atomic E-state index is -0.237. The zero-order chi connectivity index (χ0) is 15.4. The van der Waals surface area contributed by atoms with E-state index in [4.69, 9.17) is 11.6 Å². The van der Waals surface area contributed by atoms with Crippen molar-refractivity contribution < 1.29 is 4.79 Å². The lowest BCUT2D eigenvalue weighted by atomic mass is 10.2. The quantitative estimate of drug-likeness (QED) is 0.897. The summed E-state index contributed by atoms with van der Waals surface area (Å²) in [6, 6.07) is 7.25. The highest BCUT2D eigenvalue weighted by Crippen LogP contribution is 2.26. The van der Waals surface area contributed by atoms with Crippen LogP contribution in [0.5, 0.6) is 0 Å². The molecule has 1 aliphatic rings. The highest BCUT2D eigenvalue weighted by Gasteiger charge is 2.26. The molecule has 2 aromatic rings. The Morgan fingerprint density at radius 2 is 2.32 bits per heavy atom. The zero-order valence-corrected chi connectivity index (χ0v) is 13.5. The molecule has 1 saturated heterocycles. The smallest absolute Gasteiger partial charge is 0.319 e. The van der Waals surface area contributed by atoms with Gasteiger partial charge in [-0.2, -0.15) is 0 Å². The maximum Gasteiger partial charge on any atom is 0.319 e. The maximum absolute atomic E-state index is 12.0. The summed E-state index contributed by atoms with van der Waals surface area (Å²) in [4.78, 5) is 18.6. The number of para-hydroxylation sites is 1. The second-order valence-electron chi connectivity index (χ2n) is 5.12. The van der Waals surface area contributed by atoms with Crippen LogP contribution in [0.15, 0.2) is 35.8 Å². The van der Waals surface area contributed by atoms with Crippen LogP contribution in [0.4, 0.5) is 15.6 Å². The van der Waals surface area contributed by atoms with Crippen LogP contribution in [0.2, 0.25) is 5.02 Å². The SMILES string of the molecule is O=C(NCC1CCCN1c1nccs1)Nc1ccccc1Cl. The van der Waals surface area contributed by atoms with E-state index in [0.717, 1.165) is 24.5 Å². The van der Waals surface area contributed by atoms with E-state index in [9.17, 15) is 4.79 Å². The monoisotopic (exact) mass is 336 g/mol. The van der Waals surface area contributed by atoms with Crippen LogP contribution in [-0.4, -0.2) is 30.1 Å². The zero-order valence-electron chi connectivity index (χ0n) is 12.0. The van der Waals surface area contributed by atoms with E-state index in [2.05, 4.69) is 20.5 Å². The number of carbonyl (C=O) groups is 1. The van der Waals surface area contributed by atoms with Gasteiger partial charge in [-0.1, -0.05) is 23.7 Å². The summed E-state index contributed by atoms with van der Waals surface area (Å²) in [5, 5.41) is 9.22. The molecule has 1 aromatic heterocycles. The van der Waals surface area contributed by atoms with Crippen LogP contribution in [0, 0.1) is 0 Å². The fourth-order valence-electron chi connectivity index (χ4n) is 2.60. The minimum absolute atomic E-state index is 0.237. The van der Waals surface area contributed by atoms with Gasteiger partial charge in [0, 0.05) is 30.7 Å². The molecule has 1 aromatic carbocycles. The van der Waals surface area contributed by atoms with Crippen molar-refractivity contribution in [2.75, 3.05) is 23.3 Å². The van der Waals surface area contributed by atoms with Gasteiger partial charge in [-0.3, -0.25) is 0 Å². The molecule has 7 heteroatoms. The van der Waals surface area contributed by atoms with Crippen molar-refractivity contribution in [1.82, 2.24) is 10.3 Å². The summed E-state index contributed by atoms with van der Waals surface area (Å²) in [5.41, 5.74) is 0.616. The van der Waals surface area contributed by atoms with Crippen LogP contribution in [0.25, 0.3) is 0 Å². The summed E-state index contributed by atoms with van der Waals surface area (Å²) < 4.78 is 0. The molecule has 116 valence electrons. The van der Waals surface area contributed by atoms with Crippen LogP contribution in [0.3, 0.4) is 0 Å². The first-order valence-electron chi connectivity index (χ1n) is 7.19. The number of thiazole rings is 1. The second kappa shape index (κ2) is 6.98. The number of benzene rings is 1. The summed E-state index contributed by atoms with van der Waals surface area (Å²) in [7, 11) is 0. The van der Waals surface area contributed by atoms with Gasteiger partial charge in [0.2, 0.25) is 0 Å². The highest BCUT2D eigenvalue weighted by molar-refractivity contribution is 7.13. The van der Waals surface area contributed by atoms with Crippen molar-refractivity contribution in [2.24, 2.45) is 0 Å². The molecular formula is C15H17ClN4OS. The number of amides is 2. The second-order valence-corrected chi connectivity index (χ2v) is 6.40. The molecule has 0 aliphatic carbocycles. The normalized spacial score (nSPS) is 17.5. The van der Waals surface area contributed by atoms with E-state index in [-0.39, 0.29) is 6.03 Å². The Morgan fingerprint density at radius 1 is 1.45 bits per heavy atom. The molecule has 1 fully saturated rings. The van der Waals surface area contributed by atoms with Gasteiger partial charge < -0.3 is 15.5 Å². The Morgan fingerprint density at radius 3 is 3.09 bits per heavy atom. The van der Waals surface area contributed by atoms with E-state index >= 15 is 0 Å². The first kappa shape index (κ1) is 15.1. The Kier molecular flexibility index (Phi) is 4.80. The molecule has 22 heavy (non-hydrogen) atoms. The Bertz CT molecular complexity index is 634. The lowest BCUT2D eigenvalue weighted by Crippen LogP contribution is -2.41. The maximum atomic E-state index is 12.0. The van der Waals surface area contributed by atoms with Crippen LogP contribution in [0.1, 0.15) is 12.8 Å². The Labute approximate surface area is 138 Å². The number of nitrogens with zero attached hydrogens (tertiary/aromatic N) is 2. The van der Waals surface area contributed by atoms with Gasteiger partial charge in [-0.15, -0.1) is 11.3 Å². The number of hydrogen-bond acceptors (Lipinski definition) is 4. The van der Waals surface area contributed by atoms with Gasteiger partial charge in [0.05, 0.1) is 10.7 Å². The van der Waals surface area contributed by atoms with Crippen molar-refractivity contribution >= 4 is 39.8 Å². The van der Waals surface area contributed by atoms with Gasteiger partial charge in [-0.05, 0) is 25.0 Å². The third kappa shape index (κ3) is 3.51. The lowest BCUT2D eigenvalue weighted by Gasteiger charge is -2.24.